The van der Waals surface area contributed by atoms with E-state index in [2.05, 4.69) is 20.3 Å². The average Bonchev–Trinajstić information content (AvgIpc) is 2.82. The van der Waals surface area contributed by atoms with Crippen LogP contribution in [0.15, 0.2) is 9.98 Å². The van der Waals surface area contributed by atoms with Crippen molar-refractivity contribution in [2.45, 2.75) is 20.3 Å². The van der Waals surface area contributed by atoms with E-state index in [1.807, 2.05) is 6.92 Å². The molecule has 0 aromatic carbocycles. The van der Waals surface area contributed by atoms with Gasteiger partial charge in [0.25, 0.3) is 0 Å². The molecule has 7 nitrogen and oxygen atoms in total. The Kier molecular flexibility index (Phi) is 2.51. The SMILES string of the molecule is CCc1c(C(C)=O)nnn1C1=NCN=C1N. The molecule has 0 aliphatic carbocycles. The Morgan fingerprint density at radius 3 is 2.75 bits per heavy atom. The molecule has 0 bridgehead atoms. The summed E-state index contributed by atoms with van der Waals surface area (Å²) in [6, 6.07) is 0. The minimum Gasteiger partial charge on any atom is -0.381 e. The number of nitrogens with zero attached hydrogens (tertiary/aromatic N) is 5. The topological polar surface area (TPSA) is 98.5 Å². The standard InChI is InChI=1S/C9H12N6O/c1-3-6-7(5(2)16)13-14-15(6)9-8(10)11-4-12-9/h3-4H2,1-2H3,(H2,10,11). The van der Waals surface area contributed by atoms with Gasteiger partial charge >= 0.3 is 0 Å². The van der Waals surface area contributed by atoms with Gasteiger partial charge in [-0.15, -0.1) is 5.10 Å². The molecule has 0 amide bonds. The maximum absolute atomic E-state index is 11.3. The second-order valence-electron chi connectivity index (χ2n) is 3.37. The van der Waals surface area contributed by atoms with Crippen molar-refractivity contribution in [2.75, 3.05) is 6.67 Å². The number of nitrogens with two attached hydrogens (primary N) is 1. The van der Waals surface area contributed by atoms with Gasteiger partial charge in [0, 0.05) is 6.92 Å². The van der Waals surface area contributed by atoms with Crippen molar-refractivity contribution in [1.29, 1.82) is 0 Å². The summed E-state index contributed by atoms with van der Waals surface area (Å²) in [6.45, 7) is 3.69. The predicted molar refractivity (Wildman–Crippen MR) is 58.7 cm³/mol. The second-order valence-corrected chi connectivity index (χ2v) is 3.37. The van der Waals surface area contributed by atoms with Crippen LogP contribution < -0.4 is 5.73 Å². The summed E-state index contributed by atoms with van der Waals surface area (Å²) in [7, 11) is 0. The molecule has 1 aromatic heterocycles. The fraction of sp³-hybridized carbons (Fsp3) is 0.444. The number of Topliss-reactive ketones (excluding diaryl/α,β-unsaturated/α-hetero) is 1. The number of ketones is 1. The van der Waals surface area contributed by atoms with Crippen LogP contribution in [0.1, 0.15) is 30.0 Å². The number of hydrogen-bond donors (Lipinski definition) is 1. The van der Waals surface area contributed by atoms with Crippen molar-refractivity contribution in [2.24, 2.45) is 15.7 Å². The maximum Gasteiger partial charge on any atom is 0.195 e. The summed E-state index contributed by atoms with van der Waals surface area (Å²) in [5.74, 6) is 0.684. The van der Waals surface area contributed by atoms with Crippen LogP contribution in [0.2, 0.25) is 0 Å². The van der Waals surface area contributed by atoms with Gasteiger partial charge in [-0.2, -0.15) is 4.68 Å². The van der Waals surface area contributed by atoms with Gasteiger partial charge in [0.15, 0.2) is 23.1 Å². The molecule has 0 saturated carbocycles. The lowest BCUT2D eigenvalue weighted by Crippen LogP contribution is -2.30. The molecule has 16 heavy (non-hydrogen) atoms. The molecular formula is C9H12N6O. The molecule has 2 N–H and O–H groups in total. The third-order valence-electron chi connectivity index (χ3n) is 2.32. The van der Waals surface area contributed by atoms with Crippen LogP contribution in [0.25, 0.3) is 0 Å². The van der Waals surface area contributed by atoms with Crippen molar-refractivity contribution < 1.29 is 4.79 Å². The number of hydrogen-bond acceptors (Lipinski definition) is 6. The highest BCUT2D eigenvalue weighted by atomic mass is 16.1. The van der Waals surface area contributed by atoms with E-state index < -0.39 is 0 Å². The molecule has 1 aliphatic heterocycles. The normalized spacial score (nSPS) is 14.9. The van der Waals surface area contributed by atoms with Gasteiger partial charge in [-0.1, -0.05) is 12.1 Å². The Morgan fingerprint density at radius 1 is 1.50 bits per heavy atom. The van der Waals surface area contributed by atoms with E-state index in [1.54, 1.807) is 0 Å². The summed E-state index contributed by atoms with van der Waals surface area (Å²) < 4.78 is 1.49. The molecule has 7 heteroatoms. The largest absolute Gasteiger partial charge is 0.381 e. The monoisotopic (exact) mass is 220 g/mol. The first-order valence-electron chi connectivity index (χ1n) is 4.95. The van der Waals surface area contributed by atoms with Gasteiger partial charge in [-0.05, 0) is 6.42 Å². The lowest BCUT2D eigenvalue weighted by Gasteiger charge is -2.04. The smallest absolute Gasteiger partial charge is 0.195 e. The molecule has 0 spiro atoms. The minimum absolute atomic E-state index is 0.114. The van der Waals surface area contributed by atoms with Crippen LogP contribution in [0.5, 0.6) is 0 Å². The molecule has 0 unspecified atom stereocenters. The summed E-state index contributed by atoms with van der Waals surface area (Å²) in [4.78, 5) is 19.4. The quantitative estimate of drug-likeness (QED) is 0.686. The predicted octanol–water partition coefficient (Wildman–Crippen LogP) is -0.382. The van der Waals surface area contributed by atoms with Crippen LogP contribution in [-0.2, 0) is 6.42 Å². The highest BCUT2D eigenvalue weighted by molar-refractivity contribution is 6.41. The molecule has 2 heterocycles. The van der Waals surface area contributed by atoms with Crippen molar-refractivity contribution in [1.82, 2.24) is 15.0 Å². The minimum atomic E-state index is -0.114. The molecule has 1 aromatic rings. The first-order chi connectivity index (χ1) is 7.65. The van der Waals surface area contributed by atoms with Crippen molar-refractivity contribution in [3.8, 4) is 0 Å². The summed E-state index contributed by atoms with van der Waals surface area (Å²) in [5, 5.41) is 7.73. The van der Waals surface area contributed by atoms with Crippen LogP contribution >= 0.6 is 0 Å². The Hall–Kier alpha value is -2.05. The zero-order chi connectivity index (χ0) is 11.7. The summed E-state index contributed by atoms with van der Waals surface area (Å²) in [6.07, 6.45) is 0.633. The first kappa shape index (κ1) is 10.5. The zero-order valence-corrected chi connectivity index (χ0v) is 9.14. The average molecular weight is 220 g/mol. The zero-order valence-electron chi connectivity index (χ0n) is 9.14. The highest BCUT2D eigenvalue weighted by Crippen LogP contribution is 2.09. The summed E-state index contributed by atoms with van der Waals surface area (Å²) >= 11 is 0. The third-order valence-corrected chi connectivity index (χ3v) is 2.32. The molecule has 0 saturated heterocycles. The number of rotatable bonds is 2. The van der Waals surface area contributed by atoms with E-state index >= 15 is 0 Å². The van der Waals surface area contributed by atoms with Crippen LogP contribution in [0.4, 0.5) is 0 Å². The molecule has 2 rings (SSSR count). The van der Waals surface area contributed by atoms with Crippen molar-refractivity contribution >= 4 is 17.5 Å². The van der Waals surface area contributed by atoms with E-state index in [9.17, 15) is 4.79 Å². The van der Waals surface area contributed by atoms with E-state index in [0.29, 0.717) is 36.1 Å². The van der Waals surface area contributed by atoms with E-state index in [-0.39, 0.29) is 5.78 Å². The molecule has 0 fully saturated rings. The van der Waals surface area contributed by atoms with E-state index in [0.717, 1.165) is 0 Å². The lowest BCUT2D eigenvalue weighted by atomic mass is 10.2. The Labute approximate surface area is 92.1 Å². The van der Waals surface area contributed by atoms with Crippen LogP contribution in [-0.4, -0.2) is 39.1 Å². The number of aromatic nitrogens is 3. The maximum atomic E-state index is 11.3. The van der Waals surface area contributed by atoms with Crippen LogP contribution in [0.3, 0.4) is 0 Å². The Balaban J connectivity index is 2.50. The fourth-order valence-corrected chi connectivity index (χ4v) is 1.57. The fourth-order valence-electron chi connectivity index (χ4n) is 1.57. The number of amidine groups is 1. The van der Waals surface area contributed by atoms with Gasteiger partial charge in [-0.3, -0.25) is 4.79 Å². The van der Waals surface area contributed by atoms with Gasteiger partial charge < -0.3 is 5.73 Å². The summed E-state index contributed by atoms with van der Waals surface area (Å²) in [5.41, 5.74) is 6.75. The third kappa shape index (κ3) is 1.50. The number of carbonyl (C=O) groups is 1. The van der Waals surface area contributed by atoms with E-state index in [4.69, 9.17) is 5.73 Å². The van der Waals surface area contributed by atoms with E-state index in [1.165, 1.54) is 11.6 Å². The number of aliphatic imine (C=N–C) groups is 2. The molecule has 84 valence electrons. The molecule has 0 atom stereocenters. The molecular weight excluding hydrogens is 208 g/mol. The first-order valence-corrected chi connectivity index (χ1v) is 4.95. The Bertz CT molecular complexity index is 498. The lowest BCUT2D eigenvalue weighted by molar-refractivity contribution is 0.101. The van der Waals surface area contributed by atoms with Crippen molar-refractivity contribution in [3.63, 3.8) is 0 Å². The second kappa shape index (κ2) is 3.84. The van der Waals surface area contributed by atoms with Crippen molar-refractivity contribution in [3.05, 3.63) is 11.4 Å². The van der Waals surface area contributed by atoms with Gasteiger partial charge in [0.05, 0.1) is 5.69 Å². The van der Waals surface area contributed by atoms with Gasteiger partial charge in [0.1, 0.15) is 6.67 Å². The van der Waals surface area contributed by atoms with Gasteiger partial charge in [-0.25, -0.2) is 9.98 Å². The highest BCUT2D eigenvalue weighted by Gasteiger charge is 2.21. The van der Waals surface area contributed by atoms with Gasteiger partial charge in [0.2, 0.25) is 0 Å². The molecule has 1 aliphatic rings. The number of carbonyl (C=O) groups excluding carboxylic acids is 1. The Morgan fingerprint density at radius 2 is 2.25 bits per heavy atom. The van der Waals surface area contributed by atoms with Crippen LogP contribution in [0, 0.1) is 0 Å². The molecule has 0 radical (unpaired) electrons.